The maximum Gasteiger partial charge on any atom is 0.248 e. The summed E-state index contributed by atoms with van der Waals surface area (Å²) < 4.78 is 5.14. The molecule has 0 aliphatic carbocycles. The van der Waals surface area contributed by atoms with Crippen molar-refractivity contribution in [1.82, 2.24) is 4.90 Å². The van der Waals surface area contributed by atoms with Gasteiger partial charge in [-0.3, -0.25) is 14.9 Å². The number of amides is 1. The van der Waals surface area contributed by atoms with Crippen LogP contribution in [0.25, 0.3) is 0 Å². The van der Waals surface area contributed by atoms with Crippen LogP contribution >= 0.6 is 11.6 Å². The van der Waals surface area contributed by atoms with Gasteiger partial charge in [0.05, 0.1) is 7.11 Å². The number of carbonyl (C=O) groups excluding carboxylic acids is 1. The molecule has 1 heterocycles. The molecule has 1 aliphatic heterocycles. The first kappa shape index (κ1) is 18.2. The molecular formula is C19H19ClN2O4. The number of methoxy groups -OCH3 is 1. The van der Waals surface area contributed by atoms with Crippen LogP contribution in [0.3, 0.4) is 0 Å². The highest BCUT2D eigenvalue weighted by Crippen LogP contribution is 2.41. The van der Waals surface area contributed by atoms with Crippen molar-refractivity contribution in [3.05, 3.63) is 74.8 Å². The van der Waals surface area contributed by atoms with Gasteiger partial charge in [-0.15, -0.1) is 0 Å². The number of benzene rings is 2. The van der Waals surface area contributed by atoms with Gasteiger partial charge in [0.15, 0.2) is 0 Å². The molecule has 3 atom stereocenters. The average molecular weight is 375 g/mol. The van der Waals surface area contributed by atoms with Crippen molar-refractivity contribution in [2.24, 2.45) is 5.92 Å². The van der Waals surface area contributed by atoms with Crippen LogP contribution in [0.5, 0.6) is 5.75 Å². The maximum absolute atomic E-state index is 12.8. The van der Waals surface area contributed by atoms with E-state index in [1.165, 1.54) is 0 Å². The van der Waals surface area contributed by atoms with E-state index in [0.717, 1.165) is 5.56 Å². The SMILES string of the molecule is COc1ccc(CN2C(=O)C(C)[C@H]([N+](=O)[O-])[C@H]2c2ccccc2Cl)cc1. The third-order valence-corrected chi connectivity index (χ3v) is 5.17. The minimum absolute atomic E-state index is 0.243. The van der Waals surface area contributed by atoms with E-state index < -0.39 is 18.0 Å². The average Bonchev–Trinajstić information content (AvgIpc) is 2.88. The van der Waals surface area contributed by atoms with Gasteiger partial charge in [-0.2, -0.15) is 0 Å². The Bertz CT molecular complexity index is 825. The fourth-order valence-electron chi connectivity index (χ4n) is 3.47. The van der Waals surface area contributed by atoms with Crippen LogP contribution in [0.1, 0.15) is 24.1 Å². The fraction of sp³-hybridized carbons (Fsp3) is 0.316. The van der Waals surface area contributed by atoms with Crippen molar-refractivity contribution in [2.45, 2.75) is 25.6 Å². The Labute approximate surface area is 156 Å². The van der Waals surface area contributed by atoms with Gasteiger partial charge in [0, 0.05) is 22.1 Å². The summed E-state index contributed by atoms with van der Waals surface area (Å²) in [6, 6.07) is 12.5. The Hall–Kier alpha value is -2.60. The van der Waals surface area contributed by atoms with Crippen LogP contribution < -0.4 is 4.74 Å². The molecule has 1 amide bonds. The van der Waals surface area contributed by atoms with Crippen LogP contribution in [-0.2, 0) is 11.3 Å². The van der Waals surface area contributed by atoms with E-state index in [1.54, 1.807) is 55.3 Å². The van der Waals surface area contributed by atoms with E-state index >= 15 is 0 Å². The van der Waals surface area contributed by atoms with Crippen molar-refractivity contribution < 1.29 is 14.5 Å². The van der Waals surface area contributed by atoms with E-state index in [-0.39, 0.29) is 17.4 Å². The minimum Gasteiger partial charge on any atom is -0.497 e. The molecule has 2 aromatic carbocycles. The van der Waals surface area contributed by atoms with Gasteiger partial charge in [0.2, 0.25) is 11.9 Å². The van der Waals surface area contributed by atoms with Crippen LogP contribution in [0, 0.1) is 16.0 Å². The largest absolute Gasteiger partial charge is 0.497 e. The smallest absolute Gasteiger partial charge is 0.248 e. The Kier molecular flexibility index (Phi) is 5.13. The van der Waals surface area contributed by atoms with Crippen LogP contribution in [0.15, 0.2) is 48.5 Å². The summed E-state index contributed by atoms with van der Waals surface area (Å²) in [7, 11) is 1.58. The van der Waals surface area contributed by atoms with Gasteiger partial charge in [-0.1, -0.05) is 41.9 Å². The van der Waals surface area contributed by atoms with Crippen molar-refractivity contribution in [1.29, 1.82) is 0 Å². The predicted octanol–water partition coefficient (Wildman–Crippen LogP) is 3.71. The number of nitro groups is 1. The van der Waals surface area contributed by atoms with Crippen molar-refractivity contribution >= 4 is 17.5 Å². The zero-order valence-corrected chi connectivity index (χ0v) is 15.2. The lowest BCUT2D eigenvalue weighted by atomic mass is 9.95. The van der Waals surface area contributed by atoms with Crippen molar-refractivity contribution in [3.63, 3.8) is 0 Å². The van der Waals surface area contributed by atoms with E-state index in [4.69, 9.17) is 16.3 Å². The van der Waals surface area contributed by atoms with Gasteiger partial charge in [0.1, 0.15) is 17.7 Å². The van der Waals surface area contributed by atoms with Gasteiger partial charge < -0.3 is 9.64 Å². The van der Waals surface area contributed by atoms with Gasteiger partial charge >= 0.3 is 0 Å². The topological polar surface area (TPSA) is 72.7 Å². The third-order valence-electron chi connectivity index (χ3n) is 4.82. The Morgan fingerprint density at radius 3 is 2.42 bits per heavy atom. The zero-order valence-electron chi connectivity index (χ0n) is 14.5. The molecule has 0 spiro atoms. The first-order valence-electron chi connectivity index (χ1n) is 8.25. The van der Waals surface area contributed by atoms with Crippen molar-refractivity contribution in [2.75, 3.05) is 7.11 Å². The lowest BCUT2D eigenvalue weighted by Crippen LogP contribution is -2.33. The standard InChI is InChI=1S/C19H19ClN2O4/c1-12-17(22(24)25)18(15-5-3-4-6-16(15)20)21(19(12)23)11-13-7-9-14(26-2)10-8-13/h3-10,12,17-18H,11H2,1-2H3/t12?,17-,18+/m0/s1. The summed E-state index contributed by atoms with van der Waals surface area (Å²) in [6.45, 7) is 1.88. The number of carbonyl (C=O) groups is 1. The molecule has 3 rings (SSSR count). The summed E-state index contributed by atoms with van der Waals surface area (Å²) in [5.74, 6) is -0.252. The second kappa shape index (κ2) is 7.33. The van der Waals surface area contributed by atoms with Crippen LogP contribution in [-0.4, -0.2) is 28.9 Å². The van der Waals surface area contributed by atoms with E-state index in [2.05, 4.69) is 0 Å². The maximum atomic E-state index is 12.8. The molecule has 6 nitrogen and oxygen atoms in total. The third kappa shape index (κ3) is 3.24. The molecule has 0 aromatic heterocycles. The number of rotatable bonds is 5. The lowest BCUT2D eigenvalue weighted by Gasteiger charge is -2.26. The van der Waals surface area contributed by atoms with Gasteiger partial charge in [-0.05, 0) is 30.7 Å². The predicted molar refractivity (Wildman–Crippen MR) is 97.7 cm³/mol. The first-order chi connectivity index (χ1) is 12.4. The van der Waals surface area contributed by atoms with Crippen molar-refractivity contribution in [3.8, 4) is 5.75 Å². The number of likely N-dealkylation sites (tertiary alicyclic amines) is 1. The molecule has 7 heteroatoms. The van der Waals surface area contributed by atoms with E-state index in [1.807, 2.05) is 12.1 Å². The van der Waals surface area contributed by atoms with E-state index in [0.29, 0.717) is 16.3 Å². The second-order valence-electron chi connectivity index (χ2n) is 6.35. The first-order valence-corrected chi connectivity index (χ1v) is 8.63. The van der Waals surface area contributed by atoms with Crippen LogP contribution in [0.4, 0.5) is 0 Å². The number of hydrogen-bond acceptors (Lipinski definition) is 4. The molecule has 0 radical (unpaired) electrons. The Morgan fingerprint density at radius 1 is 1.19 bits per heavy atom. The quantitative estimate of drug-likeness (QED) is 0.590. The Morgan fingerprint density at radius 2 is 1.85 bits per heavy atom. The lowest BCUT2D eigenvalue weighted by molar-refractivity contribution is -0.532. The molecular weight excluding hydrogens is 356 g/mol. The highest BCUT2D eigenvalue weighted by molar-refractivity contribution is 6.31. The van der Waals surface area contributed by atoms with Crippen LogP contribution in [0.2, 0.25) is 5.02 Å². The molecule has 1 fully saturated rings. The molecule has 2 aromatic rings. The molecule has 1 saturated heterocycles. The number of ether oxygens (including phenoxy) is 1. The normalized spacial score (nSPS) is 22.5. The zero-order chi connectivity index (χ0) is 18.8. The summed E-state index contributed by atoms with van der Waals surface area (Å²) in [6.07, 6.45) is 0. The number of nitrogens with zero attached hydrogens (tertiary/aromatic N) is 2. The molecule has 0 saturated carbocycles. The highest BCUT2D eigenvalue weighted by atomic mass is 35.5. The molecule has 0 N–H and O–H groups in total. The molecule has 26 heavy (non-hydrogen) atoms. The Balaban J connectivity index is 2.00. The summed E-state index contributed by atoms with van der Waals surface area (Å²) in [5.41, 5.74) is 1.47. The molecule has 136 valence electrons. The minimum atomic E-state index is -1.04. The fourth-order valence-corrected chi connectivity index (χ4v) is 3.72. The summed E-state index contributed by atoms with van der Waals surface area (Å²) >= 11 is 6.30. The van der Waals surface area contributed by atoms with E-state index in [9.17, 15) is 14.9 Å². The highest BCUT2D eigenvalue weighted by Gasteiger charge is 2.54. The van der Waals surface area contributed by atoms with Gasteiger partial charge in [0.25, 0.3) is 0 Å². The summed E-state index contributed by atoms with van der Waals surface area (Å²) in [4.78, 5) is 25.7. The summed E-state index contributed by atoms with van der Waals surface area (Å²) in [5, 5.41) is 12.1. The second-order valence-corrected chi connectivity index (χ2v) is 6.75. The van der Waals surface area contributed by atoms with Gasteiger partial charge in [-0.25, -0.2) is 0 Å². The number of halogens is 1. The number of hydrogen-bond donors (Lipinski definition) is 0. The molecule has 0 bridgehead atoms. The molecule has 1 unspecified atom stereocenters. The molecule has 1 aliphatic rings. The monoisotopic (exact) mass is 374 g/mol.